The Morgan fingerprint density at radius 3 is 1.97 bits per heavy atom. The monoisotopic (exact) mass is 490 g/mol. The first-order valence-electron chi connectivity index (χ1n) is 13.6. The van der Waals surface area contributed by atoms with Gasteiger partial charge in [-0.15, -0.1) is 0 Å². The van der Waals surface area contributed by atoms with Gasteiger partial charge in [-0.05, 0) is 47.8 Å². The number of para-hydroxylation sites is 1. The summed E-state index contributed by atoms with van der Waals surface area (Å²) in [5.41, 5.74) is 4.24. The predicted octanol–water partition coefficient (Wildman–Crippen LogP) is 7.17. The average molecular weight is 491 g/mol. The molecule has 0 amide bonds. The molecule has 4 unspecified atom stereocenters. The molecule has 0 radical (unpaired) electrons. The number of epoxide rings is 2. The highest BCUT2D eigenvalue weighted by atomic mass is 16.6. The van der Waals surface area contributed by atoms with Crippen LogP contribution in [0.3, 0.4) is 0 Å². The molecule has 1 aliphatic carbocycles. The molecule has 4 heteroatoms. The molecule has 2 aromatic rings. The van der Waals surface area contributed by atoms with Gasteiger partial charge < -0.3 is 18.9 Å². The number of hydrogen-bond acceptors (Lipinski definition) is 4. The van der Waals surface area contributed by atoms with Gasteiger partial charge in [0.1, 0.15) is 36.9 Å². The van der Waals surface area contributed by atoms with Gasteiger partial charge in [0.05, 0.1) is 13.2 Å². The molecule has 2 aliphatic heterocycles. The molecular weight excluding hydrogens is 448 g/mol. The Kier molecular flexibility index (Phi) is 7.20. The highest BCUT2D eigenvalue weighted by Crippen LogP contribution is 2.46. The Balaban J connectivity index is 1.33. The summed E-state index contributed by atoms with van der Waals surface area (Å²) >= 11 is 0. The van der Waals surface area contributed by atoms with Crippen LogP contribution < -0.4 is 9.47 Å². The molecule has 0 bridgehead atoms. The van der Waals surface area contributed by atoms with Crippen LogP contribution in [0.15, 0.2) is 54.6 Å². The van der Waals surface area contributed by atoms with Crippen LogP contribution in [0.4, 0.5) is 0 Å². The van der Waals surface area contributed by atoms with Gasteiger partial charge in [0.15, 0.2) is 0 Å². The van der Waals surface area contributed by atoms with Crippen molar-refractivity contribution >= 4 is 0 Å². The van der Waals surface area contributed by atoms with Gasteiger partial charge in [-0.2, -0.15) is 0 Å². The van der Waals surface area contributed by atoms with E-state index >= 15 is 0 Å². The van der Waals surface area contributed by atoms with Gasteiger partial charge in [-0.25, -0.2) is 0 Å². The normalized spacial score (nSPS) is 25.5. The second kappa shape index (κ2) is 10.2. The van der Waals surface area contributed by atoms with Crippen molar-refractivity contribution in [1.29, 1.82) is 0 Å². The van der Waals surface area contributed by atoms with E-state index in [0.29, 0.717) is 25.0 Å². The minimum absolute atomic E-state index is 0.0182. The summed E-state index contributed by atoms with van der Waals surface area (Å²) in [5.74, 6) is 2.80. The highest BCUT2D eigenvalue weighted by Gasteiger charge is 2.33. The third kappa shape index (κ3) is 6.52. The summed E-state index contributed by atoms with van der Waals surface area (Å²) in [4.78, 5) is 0. The van der Waals surface area contributed by atoms with Gasteiger partial charge in [0, 0.05) is 23.0 Å². The Hall–Kier alpha value is -2.30. The molecule has 36 heavy (non-hydrogen) atoms. The third-order valence-corrected chi connectivity index (χ3v) is 7.47. The first-order valence-corrected chi connectivity index (χ1v) is 13.6. The fourth-order valence-corrected chi connectivity index (χ4v) is 5.82. The van der Waals surface area contributed by atoms with Crippen LogP contribution in [0.25, 0.3) is 0 Å². The second-order valence-electron chi connectivity index (χ2n) is 12.6. The van der Waals surface area contributed by atoms with Gasteiger partial charge in [0.2, 0.25) is 0 Å². The van der Waals surface area contributed by atoms with E-state index in [1.807, 2.05) is 0 Å². The van der Waals surface area contributed by atoms with Gasteiger partial charge in [-0.1, -0.05) is 77.1 Å². The molecule has 0 saturated carbocycles. The largest absolute Gasteiger partial charge is 0.491 e. The number of benzene rings is 2. The van der Waals surface area contributed by atoms with E-state index in [1.54, 1.807) is 0 Å². The summed E-state index contributed by atoms with van der Waals surface area (Å²) in [6, 6.07) is 15.4. The molecule has 2 heterocycles. The first-order chi connectivity index (χ1) is 17.2. The van der Waals surface area contributed by atoms with Crippen molar-refractivity contribution in [2.24, 2.45) is 5.41 Å². The average Bonchev–Trinajstić information content (AvgIpc) is 3.75. The molecule has 4 atom stereocenters. The second-order valence-corrected chi connectivity index (χ2v) is 12.6. The van der Waals surface area contributed by atoms with Crippen LogP contribution in [-0.2, 0) is 14.9 Å². The topological polar surface area (TPSA) is 43.5 Å². The van der Waals surface area contributed by atoms with Crippen molar-refractivity contribution < 1.29 is 18.9 Å². The number of rotatable bonds is 10. The maximum absolute atomic E-state index is 6.53. The summed E-state index contributed by atoms with van der Waals surface area (Å²) in [6.45, 7) is 14.6. The molecule has 2 aromatic carbocycles. The molecule has 3 aliphatic rings. The van der Waals surface area contributed by atoms with E-state index in [4.69, 9.17) is 18.9 Å². The zero-order chi connectivity index (χ0) is 25.3. The van der Waals surface area contributed by atoms with Crippen LogP contribution >= 0.6 is 0 Å². The lowest BCUT2D eigenvalue weighted by Crippen LogP contribution is -2.26. The zero-order valence-corrected chi connectivity index (χ0v) is 22.6. The van der Waals surface area contributed by atoms with E-state index in [0.717, 1.165) is 44.0 Å². The number of allylic oxidation sites excluding steroid dienone is 2. The van der Waals surface area contributed by atoms with Crippen molar-refractivity contribution in [1.82, 2.24) is 0 Å². The van der Waals surface area contributed by atoms with Gasteiger partial charge in [0.25, 0.3) is 0 Å². The molecule has 194 valence electrons. The molecule has 5 rings (SSSR count). The first kappa shape index (κ1) is 25.4. The maximum atomic E-state index is 6.53. The van der Waals surface area contributed by atoms with Crippen molar-refractivity contribution in [3.63, 3.8) is 0 Å². The zero-order valence-electron chi connectivity index (χ0n) is 22.6. The van der Waals surface area contributed by atoms with Crippen molar-refractivity contribution in [3.05, 3.63) is 71.3 Å². The fraction of sp³-hybridized carbons (Fsp3) is 0.562. The smallest absolute Gasteiger partial charge is 0.126 e. The molecule has 2 fully saturated rings. The summed E-state index contributed by atoms with van der Waals surface area (Å²) < 4.78 is 23.0. The van der Waals surface area contributed by atoms with Crippen LogP contribution in [-0.4, -0.2) is 38.6 Å². The maximum Gasteiger partial charge on any atom is 0.126 e. The minimum Gasteiger partial charge on any atom is -0.491 e. The van der Waals surface area contributed by atoms with Crippen LogP contribution in [0.5, 0.6) is 11.5 Å². The van der Waals surface area contributed by atoms with Crippen molar-refractivity contribution in [2.45, 2.75) is 83.3 Å². The molecular formula is C32H42O4. The third-order valence-electron chi connectivity index (χ3n) is 7.47. The van der Waals surface area contributed by atoms with Crippen molar-refractivity contribution in [2.75, 3.05) is 26.4 Å². The lowest BCUT2D eigenvalue weighted by molar-refractivity contribution is 0.242. The lowest BCUT2D eigenvalue weighted by atomic mass is 9.71. The van der Waals surface area contributed by atoms with Gasteiger partial charge >= 0.3 is 0 Å². The standard InChI is InChI=1S/C32H42O4/c1-31(2,3)21-32(4,5)29-8-6-7-28(30(29)36-20-27-19-35-27)24-11-9-22(10-12-24)23-13-15-25(16-14-23)33-17-26-18-34-26/h6-9,11,13-16,22,24,26-27H,10,12,17-21H2,1-5H3. The Morgan fingerprint density at radius 2 is 1.39 bits per heavy atom. The van der Waals surface area contributed by atoms with Gasteiger partial charge in [-0.3, -0.25) is 0 Å². The summed E-state index contributed by atoms with van der Waals surface area (Å²) in [5, 5.41) is 0. The van der Waals surface area contributed by atoms with Crippen LogP contribution in [0.2, 0.25) is 0 Å². The van der Waals surface area contributed by atoms with E-state index in [-0.39, 0.29) is 23.0 Å². The Labute approximate surface area is 217 Å². The van der Waals surface area contributed by atoms with Crippen molar-refractivity contribution in [3.8, 4) is 11.5 Å². The fourth-order valence-electron chi connectivity index (χ4n) is 5.82. The molecule has 0 aromatic heterocycles. The van der Waals surface area contributed by atoms with Crippen LogP contribution in [0, 0.1) is 5.41 Å². The summed E-state index contributed by atoms with van der Waals surface area (Å²) in [6.07, 6.45) is 8.64. The highest BCUT2D eigenvalue weighted by molar-refractivity contribution is 5.49. The number of ether oxygens (including phenoxy) is 4. The molecule has 0 spiro atoms. The van der Waals surface area contributed by atoms with E-state index in [1.165, 1.54) is 16.7 Å². The van der Waals surface area contributed by atoms with E-state index in [2.05, 4.69) is 89.2 Å². The molecule has 2 saturated heterocycles. The summed E-state index contributed by atoms with van der Waals surface area (Å²) in [7, 11) is 0. The number of hydrogen-bond donors (Lipinski definition) is 0. The predicted molar refractivity (Wildman–Crippen MR) is 144 cm³/mol. The minimum atomic E-state index is 0.0182. The van der Waals surface area contributed by atoms with E-state index < -0.39 is 0 Å². The van der Waals surface area contributed by atoms with Crippen LogP contribution in [0.1, 0.15) is 82.4 Å². The Morgan fingerprint density at radius 1 is 0.778 bits per heavy atom. The molecule has 4 nitrogen and oxygen atoms in total. The van der Waals surface area contributed by atoms with E-state index in [9.17, 15) is 0 Å². The lowest BCUT2D eigenvalue weighted by Gasteiger charge is -2.35. The quantitative estimate of drug-likeness (QED) is 0.261. The SMILES string of the molecule is CC(C)(C)CC(C)(C)c1cccc(C2C=CC(c3ccc(OCC4CO4)cc3)CC2)c1OCC1CO1. The molecule has 0 N–H and O–H groups in total. The Bertz CT molecular complexity index is 1050.